The zero-order valence-electron chi connectivity index (χ0n) is 8.60. The fourth-order valence-corrected chi connectivity index (χ4v) is 1.65. The van der Waals surface area contributed by atoms with E-state index in [0.29, 0.717) is 11.3 Å². The number of hydrogen-bond acceptors (Lipinski definition) is 2. The van der Waals surface area contributed by atoms with Gasteiger partial charge in [-0.05, 0) is 39.0 Å². The van der Waals surface area contributed by atoms with Crippen LogP contribution in [0.3, 0.4) is 0 Å². The van der Waals surface area contributed by atoms with Crippen molar-refractivity contribution in [3.05, 3.63) is 27.7 Å². The van der Waals surface area contributed by atoms with Gasteiger partial charge in [-0.1, -0.05) is 20.8 Å². The van der Waals surface area contributed by atoms with Crippen LogP contribution in [0, 0.1) is 0 Å². The van der Waals surface area contributed by atoms with Crippen LogP contribution >= 0.6 is 15.9 Å². The number of aldehydes is 1. The van der Waals surface area contributed by atoms with Crippen LogP contribution in [0.2, 0.25) is 0 Å². The highest BCUT2D eigenvalue weighted by Crippen LogP contribution is 2.30. The molecule has 0 saturated carbocycles. The maximum Gasteiger partial charge on any atom is 0.152 e. The summed E-state index contributed by atoms with van der Waals surface area (Å²) < 4.78 is 0.784. The van der Waals surface area contributed by atoms with Crippen molar-refractivity contribution in [2.45, 2.75) is 26.2 Å². The van der Waals surface area contributed by atoms with E-state index in [4.69, 9.17) is 5.73 Å². The molecule has 0 fully saturated rings. The van der Waals surface area contributed by atoms with Gasteiger partial charge < -0.3 is 5.73 Å². The maximum atomic E-state index is 10.8. The fourth-order valence-electron chi connectivity index (χ4n) is 1.17. The molecular formula is C11H14BrNO. The number of carbonyl (C=O) groups excluding carboxylic acids is 1. The Morgan fingerprint density at radius 2 is 1.93 bits per heavy atom. The highest BCUT2D eigenvalue weighted by molar-refractivity contribution is 9.10. The summed E-state index contributed by atoms with van der Waals surface area (Å²) in [6.45, 7) is 6.29. The number of halogens is 1. The lowest BCUT2D eigenvalue weighted by atomic mass is 9.86. The van der Waals surface area contributed by atoms with Gasteiger partial charge >= 0.3 is 0 Å². The lowest BCUT2D eigenvalue weighted by Gasteiger charge is -2.20. The van der Waals surface area contributed by atoms with Gasteiger partial charge in [0, 0.05) is 10.0 Å². The quantitative estimate of drug-likeness (QED) is 0.619. The molecule has 3 heteroatoms. The van der Waals surface area contributed by atoms with Gasteiger partial charge in [-0.15, -0.1) is 0 Å². The molecule has 1 aromatic rings. The van der Waals surface area contributed by atoms with E-state index in [-0.39, 0.29) is 5.41 Å². The maximum absolute atomic E-state index is 10.8. The summed E-state index contributed by atoms with van der Waals surface area (Å²) in [5, 5.41) is 0. The Labute approximate surface area is 92.6 Å². The third kappa shape index (κ3) is 2.15. The average Bonchev–Trinajstić information content (AvgIpc) is 2.07. The second kappa shape index (κ2) is 3.73. The van der Waals surface area contributed by atoms with E-state index in [1.54, 1.807) is 0 Å². The van der Waals surface area contributed by atoms with Crippen molar-refractivity contribution in [3.63, 3.8) is 0 Å². The topological polar surface area (TPSA) is 43.1 Å². The molecule has 0 aliphatic rings. The molecule has 0 spiro atoms. The first-order valence-electron chi connectivity index (χ1n) is 4.41. The van der Waals surface area contributed by atoms with E-state index in [0.717, 1.165) is 16.3 Å². The SMILES string of the molecule is CC(C)(C)c1cc(Br)c(N)c(C=O)c1. The Balaban J connectivity index is 3.37. The van der Waals surface area contributed by atoms with Crippen LogP contribution in [-0.2, 0) is 5.41 Å². The Kier molecular flexibility index (Phi) is 3.00. The summed E-state index contributed by atoms with van der Waals surface area (Å²) in [4.78, 5) is 10.8. The molecule has 0 amide bonds. The molecule has 0 unspecified atom stereocenters. The summed E-state index contributed by atoms with van der Waals surface area (Å²) >= 11 is 3.35. The first-order valence-corrected chi connectivity index (χ1v) is 5.20. The summed E-state index contributed by atoms with van der Waals surface area (Å²) in [5.74, 6) is 0. The van der Waals surface area contributed by atoms with Crippen LogP contribution in [0.15, 0.2) is 16.6 Å². The highest BCUT2D eigenvalue weighted by Gasteiger charge is 2.16. The normalized spacial score (nSPS) is 11.4. The van der Waals surface area contributed by atoms with Crippen LogP contribution in [0.1, 0.15) is 36.7 Å². The minimum atomic E-state index is 0.0218. The number of rotatable bonds is 1. The minimum absolute atomic E-state index is 0.0218. The van der Waals surface area contributed by atoms with Crippen molar-refractivity contribution >= 4 is 27.9 Å². The summed E-state index contributed by atoms with van der Waals surface area (Å²) in [6, 6.07) is 3.80. The van der Waals surface area contributed by atoms with Crippen LogP contribution < -0.4 is 5.73 Å². The van der Waals surface area contributed by atoms with Crippen molar-refractivity contribution in [2.24, 2.45) is 0 Å². The van der Waals surface area contributed by atoms with Crippen LogP contribution in [0.5, 0.6) is 0 Å². The first-order chi connectivity index (χ1) is 6.36. The van der Waals surface area contributed by atoms with Crippen LogP contribution in [-0.4, -0.2) is 6.29 Å². The van der Waals surface area contributed by atoms with Gasteiger partial charge in [-0.25, -0.2) is 0 Å². The van der Waals surface area contributed by atoms with Crippen LogP contribution in [0.25, 0.3) is 0 Å². The molecule has 2 nitrogen and oxygen atoms in total. The predicted octanol–water partition coefficient (Wildman–Crippen LogP) is 3.14. The number of hydrogen-bond donors (Lipinski definition) is 1. The standard InChI is InChI=1S/C11H14BrNO/c1-11(2,3)8-4-7(6-14)10(13)9(12)5-8/h4-6H,13H2,1-3H3. The third-order valence-corrected chi connectivity index (χ3v) is 2.81. The fraction of sp³-hybridized carbons (Fsp3) is 0.364. The monoisotopic (exact) mass is 255 g/mol. The smallest absolute Gasteiger partial charge is 0.152 e. The summed E-state index contributed by atoms with van der Waals surface area (Å²) in [5.41, 5.74) is 7.90. The van der Waals surface area contributed by atoms with Gasteiger partial charge in [0.15, 0.2) is 6.29 Å². The number of benzene rings is 1. The molecule has 0 heterocycles. The third-order valence-electron chi connectivity index (χ3n) is 2.15. The van der Waals surface area contributed by atoms with Crippen molar-refractivity contribution in [1.29, 1.82) is 0 Å². The van der Waals surface area contributed by atoms with Gasteiger partial charge in [0.25, 0.3) is 0 Å². The first kappa shape index (κ1) is 11.2. The van der Waals surface area contributed by atoms with Gasteiger partial charge in [0.05, 0.1) is 5.69 Å². The van der Waals surface area contributed by atoms with Crippen molar-refractivity contribution < 1.29 is 4.79 Å². The largest absolute Gasteiger partial charge is 0.397 e. The molecule has 0 saturated heterocycles. The zero-order chi connectivity index (χ0) is 10.9. The minimum Gasteiger partial charge on any atom is -0.397 e. The Bertz CT molecular complexity index is 366. The van der Waals surface area contributed by atoms with Gasteiger partial charge in [-0.3, -0.25) is 4.79 Å². The Morgan fingerprint density at radius 3 is 2.36 bits per heavy atom. The lowest BCUT2D eigenvalue weighted by Crippen LogP contribution is -2.12. The average molecular weight is 256 g/mol. The van der Waals surface area contributed by atoms with E-state index >= 15 is 0 Å². The van der Waals surface area contributed by atoms with Gasteiger partial charge in [0.1, 0.15) is 0 Å². The number of carbonyl (C=O) groups is 1. The zero-order valence-corrected chi connectivity index (χ0v) is 10.2. The second-order valence-electron chi connectivity index (χ2n) is 4.33. The molecule has 0 aliphatic heterocycles. The number of anilines is 1. The van der Waals surface area contributed by atoms with Crippen molar-refractivity contribution in [1.82, 2.24) is 0 Å². The van der Waals surface area contributed by atoms with E-state index < -0.39 is 0 Å². The number of nitrogens with two attached hydrogens (primary N) is 1. The number of nitrogen functional groups attached to an aromatic ring is 1. The van der Waals surface area contributed by atoms with E-state index in [1.807, 2.05) is 12.1 Å². The molecule has 0 aliphatic carbocycles. The van der Waals surface area contributed by atoms with Crippen molar-refractivity contribution in [3.8, 4) is 0 Å². The van der Waals surface area contributed by atoms with E-state index in [1.165, 1.54) is 0 Å². The predicted molar refractivity (Wildman–Crippen MR) is 62.6 cm³/mol. The molecule has 2 N–H and O–H groups in total. The van der Waals surface area contributed by atoms with E-state index in [9.17, 15) is 4.79 Å². The Morgan fingerprint density at radius 1 is 1.36 bits per heavy atom. The molecule has 0 aromatic heterocycles. The molecule has 0 radical (unpaired) electrons. The molecule has 1 aromatic carbocycles. The molecular weight excluding hydrogens is 242 g/mol. The Hall–Kier alpha value is -0.830. The van der Waals surface area contributed by atoms with Gasteiger partial charge in [-0.2, -0.15) is 0 Å². The molecule has 76 valence electrons. The summed E-state index contributed by atoms with van der Waals surface area (Å²) in [6.07, 6.45) is 0.787. The van der Waals surface area contributed by atoms with Gasteiger partial charge in [0.2, 0.25) is 0 Å². The lowest BCUT2D eigenvalue weighted by molar-refractivity contribution is 0.112. The molecule has 14 heavy (non-hydrogen) atoms. The van der Waals surface area contributed by atoms with Crippen LogP contribution in [0.4, 0.5) is 5.69 Å². The highest BCUT2D eigenvalue weighted by atomic mass is 79.9. The summed E-state index contributed by atoms with van der Waals surface area (Å²) in [7, 11) is 0. The van der Waals surface area contributed by atoms with E-state index in [2.05, 4.69) is 36.7 Å². The molecule has 0 bridgehead atoms. The van der Waals surface area contributed by atoms with Crippen molar-refractivity contribution in [2.75, 3.05) is 5.73 Å². The second-order valence-corrected chi connectivity index (χ2v) is 5.18. The molecule has 1 rings (SSSR count). The molecule has 0 atom stereocenters.